The minimum atomic E-state index is -0.652. The average molecular weight is 287 g/mol. The van der Waals surface area contributed by atoms with Gasteiger partial charge in [0.2, 0.25) is 5.96 Å². The second kappa shape index (κ2) is 5.12. The fourth-order valence-electron chi connectivity index (χ4n) is 1.99. The number of hydrogen-bond donors (Lipinski definition) is 5. The maximum absolute atomic E-state index is 11.8. The second-order valence-corrected chi connectivity index (χ2v) is 4.53. The van der Waals surface area contributed by atoms with E-state index in [9.17, 15) is 9.59 Å². The number of benzene rings is 1. The summed E-state index contributed by atoms with van der Waals surface area (Å²) in [7, 11) is 0. The standard InChI is InChI=1S/C12H13N7O2/c13-11(18-10(20)9-5-14-12(21)17-9)16-7-2-1-6-4-15-19-8(6)3-7/h1-4,9H,5H2,(H,15,19)(H2,14,17,21)(H3,13,16,18,20). The van der Waals surface area contributed by atoms with Crippen LogP contribution < -0.4 is 21.7 Å². The third-order valence-corrected chi connectivity index (χ3v) is 3.01. The van der Waals surface area contributed by atoms with E-state index in [2.05, 4.69) is 31.1 Å². The first-order chi connectivity index (χ1) is 10.1. The fourth-order valence-corrected chi connectivity index (χ4v) is 1.99. The Morgan fingerprint density at radius 3 is 3.10 bits per heavy atom. The lowest BCUT2D eigenvalue weighted by Gasteiger charge is -2.09. The van der Waals surface area contributed by atoms with Crippen molar-refractivity contribution in [1.29, 1.82) is 0 Å². The molecule has 108 valence electrons. The number of H-pyrrole nitrogens is 1. The van der Waals surface area contributed by atoms with Crippen molar-refractivity contribution in [2.75, 3.05) is 6.54 Å². The summed E-state index contributed by atoms with van der Waals surface area (Å²) < 4.78 is 0. The number of nitrogens with zero attached hydrogens (tertiary/aromatic N) is 2. The van der Waals surface area contributed by atoms with Crippen molar-refractivity contribution in [2.24, 2.45) is 10.7 Å². The normalized spacial score (nSPS) is 18.4. The number of nitrogens with one attached hydrogen (secondary N) is 4. The predicted octanol–water partition coefficient (Wildman–Crippen LogP) is -0.693. The predicted molar refractivity (Wildman–Crippen MR) is 75.8 cm³/mol. The summed E-state index contributed by atoms with van der Waals surface area (Å²) in [6.07, 6.45) is 1.70. The first-order valence-corrected chi connectivity index (χ1v) is 6.24. The van der Waals surface area contributed by atoms with Gasteiger partial charge in [0.15, 0.2) is 0 Å². The lowest BCUT2D eigenvalue weighted by molar-refractivity contribution is -0.121. The topological polar surface area (TPSA) is 137 Å². The van der Waals surface area contributed by atoms with E-state index in [0.29, 0.717) is 5.69 Å². The molecule has 0 spiro atoms. The Bertz CT molecular complexity index is 736. The van der Waals surface area contributed by atoms with Crippen LogP contribution in [0, 0.1) is 0 Å². The molecule has 1 aromatic heterocycles. The molecule has 0 bridgehead atoms. The smallest absolute Gasteiger partial charge is 0.315 e. The third kappa shape index (κ3) is 2.76. The SMILES string of the molecule is NC(=Nc1ccc2cn[nH]c2c1)NC(=O)C1CNC(=O)N1. The molecule has 3 amide bonds. The molecule has 3 rings (SSSR count). The van der Waals surface area contributed by atoms with Crippen LogP contribution in [0.3, 0.4) is 0 Å². The van der Waals surface area contributed by atoms with Gasteiger partial charge in [0, 0.05) is 11.9 Å². The number of aromatic nitrogens is 2. The molecule has 1 aliphatic rings. The molecule has 2 aromatic rings. The maximum atomic E-state index is 11.8. The van der Waals surface area contributed by atoms with Crippen molar-refractivity contribution in [3.05, 3.63) is 24.4 Å². The Labute approximate surface area is 119 Å². The molecule has 9 heteroatoms. The van der Waals surface area contributed by atoms with Gasteiger partial charge in [0.05, 0.1) is 17.4 Å². The van der Waals surface area contributed by atoms with Crippen molar-refractivity contribution in [2.45, 2.75) is 6.04 Å². The zero-order valence-corrected chi connectivity index (χ0v) is 10.9. The minimum Gasteiger partial charge on any atom is -0.369 e. The molecule has 1 aromatic carbocycles. The van der Waals surface area contributed by atoms with E-state index >= 15 is 0 Å². The molecular weight excluding hydrogens is 274 g/mol. The second-order valence-electron chi connectivity index (χ2n) is 4.53. The Morgan fingerprint density at radius 1 is 1.48 bits per heavy atom. The number of amides is 3. The highest BCUT2D eigenvalue weighted by Crippen LogP contribution is 2.18. The van der Waals surface area contributed by atoms with Crippen LogP contribution in [0.5, 0.6) is 0 Å². The van der Waals surface area contributed by atoms with Gasteiger partial charge in [-0.2, -0.15) is 5.10 Å². The molecule has 0 radical (unpaired) electrons. The molecule has 1 aliphatic heterocycles. The summed E-state index contributed by atoms with van der Waals surface area (Å²) in [5, 5.41) is 15.1. The van der Waals surface area contributed by atoms with Crippen LogP contribution in [0.4, 0.5) is 10.5 Å². The molecule has 2 heterocycles. The van der Waals surface area contributed by atoms with Crippen LogP contribution in [0.2, 0.25) is 0 Å². The highest BCUT2D eigenvalue weighted by molar-refractivity contribution is 6.01. The van der Waals surface area contributed by atoms with Gasteiger partial charge < -0.3 is 16.4 Å². The Kier molecular flexibility index (Phi) is 3.14. The summed E-state index contributed by atoms with van der Waals surface area (Å²) in [6.45, 7) is 0.220. The zero-order valence-electron chi connectivity index (χ0n) is 10.9. The first-order valence-electron chi connectivity index (χ1n) is 6.24. The quantitative estimate of drug-likeness (QED) is 0.368. The molecular formula is C12H13N7O2. The molecule has 1 fully saturated rings. The van der Waals surface area contributed by atoms with Gasteiger partial charge >= 0.3 is 6.03 Å². The van der Waals surface area contributed by atoms with Gasteiger partial charge in [0.25, 0.3) is 5.91 Å². The summed E-state index contributed by atoms with van der Waals surface area (Å²) in [5.41, 5.74) is 7.09. The van der Waals surface area contributed by atoms with Crippen molar-refractivity contribution in [1.82, 2.24) is 26.1 Å². The molecule has 1 saturated heterocycles. The highest BCUT2D eigenvalue weighted by atomic mass is 16.2. The van der Waals surface area contributed by atoms with Gasteiger partial charge in [-0.3, -0.25) is 15.2 Å². The number of nitrogens with two attached hydrogens (primary N) is 1. The number of carbonyl (C=O) groups excluding carboxylic acids is 2. The summed E-state index contributed by atoms with van der Waals surface area (Å²) in [5.74, 6) is -0.461. The van der Waals surface area contributed by atoms with E-state index in [1.54, 1.807) is 18.3 Å². The molecule has 0 aliphatic carbocycles. The lowest BCUT2D eigenvalue weighted by atomic mass is 10.2. The average Bonchev–Trinajstić information content (AvgIpc) is 3.06. The third-order valence-electron chi connectivity index (χ3n) is 3.01. The van der Waals surface area contributed by atoms with E-state index in [1.165, 1.54) is 0 Å². The molecule has 1 atom stereocenters. The van der Waals surface area contributed by atoms with Gasteiger partial charge in [-0.1, -0.05) is 0 Å². The molecule has 21 heavy (non-hydrogen) atoms. The summed E-state index contributed by atoms with van der Waals surface area (Å²) in [6, 6.07) is 4.33. The minimum absolute atomic E-state index is 0.0417. The van der Waals surface area contributed by atoms with Gasteiger partial charge in [-0.05, 0) is 18.2 Å². The van der Waals surface area contributed by atoms with Crippen LogP contribution in [0.25, 0.3) is 10.9 Å². The van der Waals surface area contributed by atoms with E-state index in [4.69, 9.17) is 5.73 Å². The zero-order chi connectivity index (χ0) is 14.8. The van der Waals surface area contributed by atoms with Crippen molar-refractivity contribution < 1.29 is 9.59 Å². The Morgan fingerprint density at radius 2 is 2.33 bits per heavy atom. The van der Waals surface area contributed by atoms with Gasteiger partial charge in [-0.25, -0.2) is 9.79 Å². The first kappa shape index (κ1) is 12.9. The van der Waals surface area contributed by atoms with Gasteiger partial charge in [-0.15, -0.1) is 0 Å². The van der Waals surface area contributed by atoms with Crippen LogP contribution >= 0.6 is 0 Å². The van der Waals surface area contributed by atoms with Crippen LogP contribution in [-0.2, 0) is 4.79 Å². The largest absolute Gasteiger partial charge is 0.369 e. The summed E-state index contributed by atoms with van der Waals surface area (Å²) in [4.78, 5) is 26.9. The van der Waals surface area contributed by atoms with Crippen LogP contribution in [0.1, 0.15) is 0 Å². The molecule has 6 N–H and O–H groups in total. The monoisotopic (exact) mass is 287 g/mol. The number of aliphatic imine (C=N–C) groups is 1. The summed E-state index contributed by atoms with van der Waals surface area (Å²) >= 11 is 0. The van der Waals surface area contributed by atoms with Crippen molar-refractivity contribution in [3.8, 4) is 0 Å². The number of hydrogen-bond acceptors (Lipinski definition) is 4. The number of aromatic amines is 1. The maximum Gasteiger partial charge on any atom is 0.315 e. The highest BCUT2D eigenvalue weighted by Gasteiger charge is 2.26. The van der Waals surface area contributed by atoms with Crippen molar-refractivity contribution in [3.63, 3.8) is 0 Å². The van der Waals surface area contributed by atoms with Gasteiger partial charge in [0.1, 0.15) is 6.04 Å². The van der Waals surface area contributed by atoms with Crippen LogP contribution in [0.15, 0.2) is 29.4 Å². The molecule has 0 saturated carbocycles. The Hall–Kier alpha value is -3.10. The Balaban J connectivity index is 1.70. The van der Waals surface area contributed by atoms with E-state index < -0.39 is 11.9 Å². The van der Waals surface area contributed by atoms with E-state index in [0.717, 1.165) is 10.9 Å². The lowest BCUT2D eigenvalue weighted by Crippen LogP contribution is -2.47. The number of rotatable bonds is 2. The number of carbonyl (C=O) groups is 2. The van der Waals surface area contributed by atoms with E-state index in [1.807, 2.05) is 6.07 Å². The van der Waals surface area contributed by atoms with Crippen molar-refractivity contribution >= 4 is 34.5 Å². The molecule has 9 nitrogen and oxygen atoms in total. The molecule has 1 unspecified atom stereocenters. The number of fused-ring (bicyclic) bond motifs is 1. The van der Waals surface area contributed by atoms with Crippen LogP contribution in [-0.4, -0.2) is 40.7 Å². The fraction of sp³-hybridized carbons (Fsp3) is 0.167. The number of guanidine groups is 1. The van der Waals surface area contributed by atoms with E-state index in [-0.39, 0.29) is 18.5 Å². The number of urea groups is 1.